The molecule has 0 aliphatic carbocycles. The molecule has 6 heteroatoms. The summed E-state index contributed by atoms with van der Waals surface area (Å²) in [6.07, 6.45) is 0.899. The number of benzene rings is 1. The highest BCUT2D eigenvalue weighted by atomic mass is 35.5. The normalized spacial score (nSPS) is 16.2. The number of aryl methyl sites for hydroxylation is 1. The van der Waals surface area contributed by atoms with Crippen LogP contribution in [0.3, 0.4) is 0 Å². The van der Waals surface area contributed by atoms with Gasteiger partial charge in [0.2, 0.25) is 0 Å². The second-order valence-electron chi connectivity index (χ2n) is 5.50. The highest BCUT2D eigenvalue weighted by molar-refractivity contribution is 6.31. The maximum Gasteiger partial charge on any atom is 0.352 e. The summed E-state index contributed by atoms with van der Waals surface area (Å²) in [5.41, 5.74) is 1.20. The van der Waals surface area contributed by atoms with Gasteiger partial charge in [0.15, 0.2) is 0 Å². The third kappa shape index (κ3) is 3.27. The quantitative estimate of drug-likeness (QED) is 0.919. The maximum absolute atomic E-state index is 11.5. The summed E-state index contributed by atoms with van der Waals surface area (Å²) in [5, 5.41) is 10.9. The fourth-order valence-corrected chi connectivity index (χ4v) is 3.09. The SMILES string of the molecule is O=C(O)c1cc2ccc(Cl)cc2n1CCCN1CCOCC1. The minimum atomic E-state index is -0.904. The summed E-state index contributed by atoms with van der Waals surface area (Å²) in [6.45, 7) is 5.07. The number of aromatic nitrogens is 1. The van der Waals surface area contributed by atoms with Crippen LogP contribution in [0.4, 0.5) is 0 Å². The molecule has 2 heterocycles. The van der Waals surface area contributed by atoms with Gasteiger partial charge in [-0.1, -0.05) is 17.7 Å². The second-order valence-corrected chi connectivity index (χ2v) is 5.93. The van der Waals surface area contributed by atoms with E-state index in [0.717, 1.165) is 50.2 Å². The predicted molar refractivity (Wildman–Crippen MR) is 85.8 cm³/mol. The lowest BCUT2D eigenvalue weighted by molar-refractivity contribution is 0.0369. The molecule has 5 nitrogen and oxygen atoms in total. The van der Waals surface area contributed by atoms with Crippen molar-refractivity contribution < 1.29 is 14.6 Å². The Morgan fingerprint density at radius 3 is 2.73 bits per heavy atom. The number of carboxylic acid groups (broad SMARTS) is 1. The molecule has 1 aliphatic rings. The molecule has 0 saturated carbocycles. The molecular weight excluding hydrogens is 304 g/mol. The molecular formula is C16H19ClN2O3. The zero-order chi connectivity index (χ0) is 15.5. The summed E-state index contributed by atoms with van der Waals surface area (Å²) in [6, 6.07) is 7.19. The number of ether oxygens (including phenoxy) is 1. The van der Waals surface area contributed by atoms with Crippen LogP contribution in [0, 0.1) is 0 Å². The van der Waals surface area contributed by atoms with Crippen molar-refractivity contribution in [1.82, 2.24) is 9.47 Å². The van der Waals surface area contributed by atoms with Crippen LogP contribution in [0.2, 0.25) is 5.02 Å². The van der Waals surface area contributed by atoms with Gasteiger partial charge in [-0.05, 0) is 24.6 Å². The molecule has 1 fully saturated rings. The van der Waals surface area contributed by atoms with Gasteiger partial charge in [-0.25, -0.2) is 4.79 Å². The number of rotatable bonds is 5. The molecule has 1 N–H and O–H groups in total. The first kappa shape index (κ1) is 15.3. The topological polar surface area (TPSA) is 54.7 Å². The van der Waals surface area contributed by atoms with Crippen LogP contribution in [0.1, 0.15) is 16.9 Å². The van der Waals surface area contributed by atoms with E-state index in [0.29, 0.717) is 17.3 Å². The molecule has 0 radical (unpaired) electrons. The Bertz CT molecular complexity index is 677. The molecule has 0 atom stereocenters. The molecule has 1 aliphatic heterocycles. The van der Waals surface area contributed by atoms with E-state index in [1.54, 1.807) is 12.1 Å². The summed E-state index contributed by atoms with van der Waals surface area (Å²) in [5.74, 6) is -0.904. The van der Waals surface area contributed by atoms with Crippen molar-refractivity contribution in [3.63, 3.8) is 0 Å². The molecule has 118 valence electrons. The lowest BCUT2D eigenvalue weighted by Crippen LogP contribution is -2.37. The first-order valence-corrected chi connectivity index (χ1v) is 7.85. The first-order valence-electron chi connectivity index (χ1n) is 7.47. The minimum absolute atomic E-state index is 0.319. The average Bonchev–Trinajstić information content (AvgIpc) is 2.87. The van der Waals surface area contributed by atoms with Gasteiger partial charge in [0.25, 0.3) is 0 Å². The van der Waals surface area contributed by atoms with Gasteiger partial charge in [-0.3, -0.25) is 4.90 Å². The zero-order valence-electron chi connectivity index (χ0n) is 12.3. The van der Waals surface area contributed by atoms with Gasteiger partial charge in [0.1, 0.15) is 5.69 Å². The Morgan fingerprint density at radius 1 is 1.23 bits per heavy atom. The lowest BCUT2D eigenvalue weighted by atomic mass is 10.2. The smallest absolute Gasteiger partial charge is 0.352 e. The average molecular weight is 323 g/mol. The molecule has 0 bridgehead atoms. The number of hydrogen-bond donors (Lipinski definition) is 1. The maximum atomic E-state index is 11.5. The molecule has 1 aromatic heterocycles. The Labute approximate surface area is 134 Å². The molecule has 2 aromatic rings. The summed E-state index contributed by atoms with van der Waals surface area (Å²) in [7, 11) is 0. The highest BCUT2D eigenvalue weighted by Crippen LogP contribution is 2.24. The number of carbonyl (C=O) groups is 1. The van der Waals surface area contributed by atoms with Gasteiger partial charge >= 0.3 is 5.97 Å². The standard InChI is InChI=1S/C16H19ClN2O3/c17-13-3-2-12-10-15(16(20)21)19(14(12)11-13)5-1-4-18-6-8-22-9-7-18/h2-3,10-11H,1,4-9H2,(H,20,21). The van der Waals surface area contributed by atoms with Crippen LogP contribution < -0.4 is 0 Å². The van der Waals surface area contributed by atoms with Crippen molar-refractivity contribution in [2.24, 2.45) is 0 Å². The van der Waals surface area contributed by atoms with Crippen molar-refractivity contribution in [2.75, 3.05) is 32.8 Å². The number of fused-ring (bicyclic) bond motifs is 1. The van der Waals surface area contributed by atoms with Gasteiger partial charge in [-0.2, -0.15) is 0 Å². The monoisotopic (exact) mass is 322 g/mol. The number of halogens is 1. The highest BCUT2D eigenvalue weighted by Gasteiger charge is 2.15. The largest absolute Gasteiger partial charge is 0.477 e. The summed E-state index contributed by atoms with van der Waals surface area (Å²) < 4.78 is 7.19. The van der Waals surface area contributed by atoms with E-state index in [1.807, 2.05) is 16.7 Å². The summed E-state index contributed by atoms with van der Waals surface area (Å²) in [4.78, 5) is 13.8. The predicted octanol–water partition coefficient (Wildman–Crippen LogP) is 2.72. The van der Waals surface area contributed by atoms with Crippen molar-refractivity contribution in [1.29, 1.82) is 0 Å². The molecule has 1 aromatic carbocycles. The minimum Gasteiger partial charge on any atom is -0.477 e. The number of hydrogen-bond acceptors (Lipinski definition) is 3. The third-order valence-corrected chi connectivity index (χ3v) is 4.28. The number of nitrogens with zero attached hydrogens (tertiary/aromatic N) is 2. The first-order chi connectivity index (χ1) is 10.6. The van der Waals surface area contributed by atoms with Crippen molar-refractivity contribution >= 4 is 28.5 Å². The fourth-order valence-electron chi connectivity index (χ4n) is 2.92. The molecule has 3 rings (SSSR count). The Kier molecular flexibility index (Phi) is 4.66. The van der Waals surface area contributed by atoms with E-state index in [1.165, 1.54) is 0 Å². The molecule has 0 spiro atoms. The van der Waals surface area contributed by atoms with Crippen molar-refractivity contribution in [2.45, 2.75) is 13.0 Å². The molecule has 0 unspecified atom stereocenters. The van der Waals surface area contributed by atoms with E-state index >= 15 is 0 Å². The van der Waals surface area contributed by atoms with Crippen LogP contribution >= 0.6 is 11.6 Å². The van der Waals surface area contributed by atoms with Crippen LogP contribution in [-0.2, 0) is 11.3 Å². The summed E-state index contributed by atoms with van der Waals surface area (Å²) >= 11 is 6.05. The van der Waals surface area contributed by atoms with Crippen LogP contribution in [-0.4, -0.2) is 53.4 Å². The molecule has 1 saturated heterocycles. The fraction of sp³-hybridized carbons (Fsp3) is 0.438. The van der Waals surface area contributed by atoms with E-state index in [2.05, 4.69) is 4.90 Å². The van der Waals surface area contributed by atoms with Crippen molar-refractivity contribution in [3.8, 4) is 0 Å². The number of morpholine rings is 1. The van der Waals surface area contributed by atoms with E-state index in [-0.39, 0.29) is 0 Å². The van der Waals surface area contributed by atoms with Gasteiger partial charge < -0.3 is 14.4 Å². The lowest BCUT2D eigenvalue weighted by Gasteiger charge is -2.26. The van der Waals surface area contributed by atoms with Gasteiger partial charge in [0.05, 0.1) is 18.7 Å². The second kappa shape index (κ2) is 6.69. The van der Waals surface area contributed by atoms with E-state index in [4.69, 9.17) is 16.3 Å². The van der Waals surface area contributed by atoms with E-state index < -0.39 is 5.97 Å². The Hall–Kier alpha value is -1.56. The molecule has 22 heavy (non-hydrogen) atoms. The van der Waals surface area contributed by atoms with Gasteiger partial charge in [-0.15, -0.1) is 0 Å². The third-order valence-electron chi connectivity index (χ3n) is 4.05. The molecule has 0 amide bonds. The zero-order valence-corrected chi connectivity index (χ0v) is 13.1. The van der Waals surface area contributed by atoms with Crippen LogP contribution in [0.25, 0.3) is 10.9 Å². The Balaban J connectivity index is 1.77. The van der Waals surface area contributed by atoms with Crippen LogP contribution in [0.5, 0.6) is 0 Å². The van der Waals surface area contributed by atoms with Crippen LogP contribution in [0.15, 0.2) is 24.3 Å². The number of carboxylic acids is 1. The van der Waals surface area contributed by atoms with Gasteiger partial charge in [0, 0.05) is 36.6 Å². The Morgan fingerprint density at radius 2 is 2.00 bits per heavy atom. The number of aromatic carboxylic acids is 1. The van der Waals surface area contributed by atoms with Crippen molar-refractivity contribution in [3.05, 3.63) is 35.0 Å². The van der Waals surface area contributed by atoms with E-state index in [9.17, 15) is 9.90 Å².